The van der Waals surface area contributed by atoms with Gasteiger partial charge in [-0.1, -0.05) is 31.2 Å². The Hall–Kier alpha value is -3.32. The third-order valence-corrected chi connectivity index (χ3v) is 5.56. The number of fused-ring (bicyclic) bond motifs is 1. The fourth-order valence-electron chi connectivity index (χ4n) is 4.13. The van der Waals surface area contributed by atoms with Gasteiger partial charge in [-0.05, 0) is 49.6 Å². The summed E-state index contributed by atoms with van der Waals surface area (Å²) in [6, 6.07) is 14.6. The van der Waals surface area contributed by atoms with Gasteiger partial charge >= 0.3 is 0 Å². The Morgan fingerprint density at radius 2 is 1.97 bits per heavy atom. The molecule has 0 saturated heterocycles. The quantitative estimate of drug-likeness (QED) is 0.457. The lowest BCUT2D eigenvalue weighted by atomic mass is 9.95. The van der Waals surface area contributed by atoms with E-state index in [0.717, 1.165) is 29.7 Å². The van der Waals surface area contributed by atoms with Crippen LogP contribution in [0.3, 0.4) is 0 Å². The summed E-state index contributed by atoms with van der Waals surface area (Å²) < 4.78 is 11.3. The molecule has 168 valence electrons. The molecule has 2 heterocycles. The molecule has 4 rings (SSSR count). The molecule has 3 aromatic rings. The van der Waals surface area contributed by atoms with Crippen LogP contribution in [0.4, 0.5) is 0 Å². The van der Waals surface area contributed by atoms with Gasteiger partial charge in [0.25, 0.3) is 5.91 Å². The lowest BCUT2D eigenvalue weighted by molar-refractivity contribution is 0.0710. The number of carbonyl (C=O) groups excluding carboxylic acids is 1. The predicted octanol–water partition coefficient (Wildman–Crippen LogP) is 4.54. The number of carbonyl (C=O) groups is 1. The van der Waals surface area contributed by atoms with Crippen LogP contribution in [0.15, 0.2) is 48.5 Å². The van der Waals surface area contributed by atoms with E-state index in [4.69, 9.17) is 9.47 Å². The summed E-state index contributed by atoms with van der Waals surface area (Å²) in [6.45, 7) is 6.44. The van der Waals surface area contributed by atoms with Crippen molar-refractivity contribution in [2.75, 3.05) is 26.4 Å². The number of H-pyrrole nitrogens is 1. The van der Waals surface area contributed by atoms with Crippen LogP contribution in [-0.2, 0) is 4.74 Å². The number of nitrogens with zero attached hydrogens (tertiary/aromatic N) is 2. The first kappa shape index (κ1) is 21.9. The van der Waals surface area contributed by atoms with Crippen molar-refractivity contribution in [2.45, 2.75) is 32.7 Å². The van der Waals surface area contributed by atoms with Crippen LogP contribution >= 0.6 is 0 Å². The van der Waals surface area contributed by atoms with Gasteiger partial charge in [-0.2, -0.15) is 5.10 Å². The summed E-state index contributed by atoms with van der Waals surface area (Å²) in [5, 5.41) is 17.8. The minimum atomic E-state index is -0.336. The molecular formula is C25H29N3O4. The molecule has 0 bridgehead atoms. The van der Waals surface area contributed by atoms with Gasteiger partial charge < -0.3 is 19.5 Å². The minimum absolute atomic E-state index is 0.101. The van der Waals surface area contributed by atoms with Crippen LogP contribution in [0.25, 0.3) is 11.3 Å². The van der Waals surface area contributed by atoms with Crippen molar-refractivity contribution in [3.63, 3.8) is 0 Å². The number of benzene rings is 2. The highest BCUT2D eigenvalue weighted by Crippen LogP contribution is 2.44. The van der Waals surface area contributed by atoms with E-state index < -0.39 is 0 Å². The number of rotatable bonds is 10. The van der Waals surface area contributed by atoms with Crippen LogP contribution in [0, 0.1) is 0 Å². The Bertz CT molecular complexity index is 1080. The summed E-state index contributed by atoms with van der Waals surface area (Å²) >= 11 is 0. The number of phenols is 1. The lowest BCUT2D eigenvalue weighted by Gasteiger charge is -2.26. The number of nitrogens with one attached hydrogen (secondary N) is 1. The van der Waals surface area contributed by atoms with E-state index in [1.54, 1.807) is 12.1 Å². The minimum Gasteiger partial charge on any atom is -0.507 e. The molecule has 32 heavy (non-hydrogen) atoms. The van der Waals surface area contributed by atoms with Crippen molar-refractivity contribution in [3.05, 3.63) is 65.4 Å². The summed E-state index contributed by atoms with van der Waals surface area (Å²) in [5.41, 5.74) is 3.37. The molecule has 0 aliphatic carbocycles. The van der Waals surface area contributed by atoms with Crippen LogP contribution < -0.4 is 4.74 Å². The number of hydrogen-bond acceptors (Lipinski definition) is 5. The van der Waals surface area contributed by atoms with Crippen LogP contribution in [0.1, 0.15) is 54.3 Å². The molecule has 1 aliphatic rings. The second-order valence-electron chi connectivity index (χ2n) is 7.75. The fraction of sp³-hybridized carbons (Fsp3) is 0.360. The lowest BCUT2D eigenvalue weighted by Crippen LogP contribution is -2.31. The molecular weight excluding hydrogens is 406 g/mol. The predicted molar refractivity (Wildman–Crippen MR) is 122 cm³/mol. The van der Waals surface area contributed by atoms with Crippen molar-refractivity contribution in [1.29, 1.82) is 0 Å². The Morgan fingerprint density at radius 3 is 2.75 bits per heavy atom. The molecule has 1 aliphatic heterocycles. The number of aromatic hydroxyl groups is 1. The van der Waals surface area contributed by atoms with Crippen LogP contribution in [-0.4, -0.2) is 52.5 Å². The largest absolute Gasteiger partial charge is 0.507 e. The molecule has 0 saturated carbocycles. The summed E-state index contributed by atoms with van der Waals surface area (Å²) in [7, 11) is 0. The van der Waals surface area contributed by atoms with Gasteiger partial charge in [0.1, 0.15) is 22.9 Å². The van der Waals surface area contributed by atoms with Crippen molar-refractivity contribution in [1.82, 2.24) is 15.1 Å². The number of amides is 1. The van der Waals surface area contributed by atoms with E-state index in [0.29, 0.717) is 43.3 Å². The van der Waals surface area contributed by atoms with Gasteiger partial charge in [0.05, 0.1) is 12.6 Å². The van der Waals surface area contributed by atoms with Crippen molar-refractivity contribution in [3.8, 4) is 22.8 Å². The van der Waals surface area contributed by atoms with Gasteiger partial charge in [-0.3, -0.25) is 9.89 Å². The number of aromatic amines is 1. The van der Waals surface area contributed by atoms with Gasteiger partial charge in [-0.15, -0.1) is 0 Å². The maximum Gasteiger partial charge on any atom is 0.273 e. The maximum absolute atomic E-state index is 13.4. The maximum atomic E-state index is 13.4. The zero-order chi connectivity index (χ0) is 22.5. The molecule has 1 amide bonds. The number of hydrogen-bond donors (Lipinski definition) is 2. The summed E-state index contributed by atoms with van der Waals surface area (Å²) in [4.78, 5) is 15.2. The average Bonchev–Trinajstić information content (AvgIpc) is 3.35. The van der Waals surface area contributed by atoms with Crippen LogP contribution in [0.5, 0.6) is 11.5 Å². The third kappa shape index (κ3) is 4.21. The number of phenolic OH excluding ortho intramolecular Hbond substituents is 1. The smallest absolute Gasteiger partial charge is 0.273 e. The van der Waals surface area contributed by atoms with E-state index >= 15 is 0 Å². The molecule has 0 radical (unpaired) electrons. The molecule has 0 fully saturated rings. The number of aromatic nitrogens is 2. The second-order valence-corrected chi connectivity index (χ2v) is 7.75. The molecule has 0 spiro atoms. The van der Waals surface area contributed by atoms with Gasteiger partial charge in [-0.25, -0.2) is 0 Å². The highest BCUT2D eigenvalue weighted by molar-refractivity contribution is 6.00. The average molecular weight is 436 g/mol. The Morgan fingerprint density at radius 1 is 1.12 bits per heavy atom. The van der Waals surface area contributed by atoms with E-state index in [1.807, 2.05) is 48.2 Å². The Labute approximate surface area is 188 Å². The molecule has 2 N–H and O–H groups in total. The van der Waals surface area contributed by atoms with Gasteiger partial charge in [0.15, 0.2) is 0 Å². The first-order chi connectivity index (χ1) is 15.7. The zero-order valence-corrected chi connectivity index (χ0v) is 18.5. The first-order valence-electron chi connectivity index (χ1n) is 11.1. The normalized spacial score (nSPS) is 15.2. The molecule has 7 heteroatoms. The number of ether oxygens (including phenoxy) is 2. The van der Waals surface area contributed by atoms with E-state index in [1.165, 1.54) is 0 Å². The highest BCUT2D eigenvalue weighted by Gasteiger charge is 2.42. The van der Waals surface area contributed by atoms with Gasteiger partial charge in [0, 0.05) is 30.9 Å². The molecule has 1 aromatic heterocycles. The molecule has 7 nitrogen and oxygen atoms in total. The van der Waals surface area contributed by atoms with E-state index in [-0.39, 0.29) is 17.7 Å². The van der Waals surface area contributed by atoms with Crippen molar-refractivity contribution < 1.29 is 19.4 Å². The second kappa shape index (κ2) is 9.87. The van der Waals surface area contributed by atoms with Crippen molar-refractivity contribution in [2.24, 2.45) is 0 Å². The standard InChI is InChI=1S/C25H29N3O4/c1-3-14-32-18-10-7-9-17(16-18)24-21-22(19-11-5-6-12-20(19)29)26-27-23(21)25(30)28(24)13-8-15-31-4-2/h5-7,9-12,16,24,29H,3-4,8,13-15H2,1-2H3,(H,26,27)/t24-/m1/s1. The Kier molecular flexibility index (Phi) is 6.75. The fourth-order valence-corrected chi connectivity index (χ4v) is 4.13. The third-order valence-electron chi connectivity index (χ3n) is 5.56. The summed E-state index contributed by atoms with van der Waals surface area (Å²) in [5.74, 6) is 0.797. The summed E-state index contributed by atoms with van der Waals surface area (Å²) in [6.07, 6.45) is 1.64. The van der Waals surface area contributed by atoms with Crippen molar-refractivity contribution >= 4 is 5.91 Å². The molecule has 1 atom stereocenters. The Balaban J connectivity index is 1.77. The molecule has 0 unspecified atom stereocenters. The zero-order valence-electron chi connectivity index (χ0n) is 18.5. The van der Waals surface area contributed by atoms with E-state index in [2.05, 4.69) is 17.1 Å². The SMILES string of the molecule is CCCOc1cccc([C@@H]2c3c(-c4ccccc4O)n[nH]c3C(=O)N2CCCOCC)c1. The van der Waals surface area contributed by atoms with E-state index in [9.17, 15) is 9.90 Å². The molecule has 2 aromatic carbocycles. The highest BCUT2D eigenvalue weighted by atomic mass is 16.5. The monoisotopic (exact) mass is 435 g/mol. The van der Waals surface area contributed by atoms with Crippen LogP contribution in [0.2, 0.25) is 0 Å². The number of para-hydroxylation sites is 1. The first-order valence-corrected chi connectivity index (χ1v) is 11.1. The van der Waals surface area contributed by atoms with Gasteiger partial charge in [0.2, 0.25) is 0 Å². The topological polar surface area (TPSA) is 87.7 Å².